The van der Waals surface area contributed by atoms with Crippen LogP contribution in [0.25, 0.3) is 0 Å². The summed E-state index contributed by atoms with van der Waals surface area (Å²) in [5, 5.41) is 0. The molecule has 0 amide bonds. The summed E-state index contributed by atoms with van der Waals surface area (Å²) < 4.78 is 116. The normalized spacial score (nSPS) is 19.1. The van der Waals surface area contributed by atoms with Crippen LogP contribution in [0, 0.1) is 17.7 Å². The minimum absolute atomic E-state index is 0.0456. The molecule has 3 rings (SSSR count). The average molecular weight is 539 g/mol. The van der Waals surface area contributed by atoms with E-state index in [4.69, 9.17) is 0 Å². The first-order chi connectivity index (χ1) is 16.4. The van der Waals surface area contributed by atoms with Gasteiger partial charge in [0.2, 0.25) is 0 Å². The summed E-state index contributed by atoms with van der Waals surface area (Å²) >= 11 is 0. The summed E-state index contributed by atoms with van der Waals surface area (Å²) in [7, 11) is -4.07. The number of carbonyl (C=O) groups is 1. The summed E-state index contributed by atoms with van der Waals surface area (Å²) in [4.78, 5) is 11.9. The monoisotopic (exact) mass is 538 g/mol. The van der Waals surface area contributed by atoms with Crippen molar-refractivity contribution in [2.45, 2.75) is 67.9 Å². The molecule has 1 aliphatic carbocycles. The molecule has 0 heterocycles. The summed E-state index contributed by atoms with van der Waals surface area (Å²) in [6.45, 7) is 2.97. The van der Waals surface area contributed by atoms with Crippen LogP contribution in [-0.2, 0) is 22.2 Å². The van der Waals surface area contributed by atoms with E-state index in [-0.39, 0.29) is 23.8 Å². The lowest BCUT2D eigenvalue weighted by Gasteiger charge is -2.45. The number of Topliss-reactive ketones (excluding diaryl/α,β-unsaturated/α-hetero) is 1. The number of rotatable bonds is 8. The van der Waals surface area contributed by atoms with Crippen LogP contribution in [0.15, 0.2) is 47.4 Å². The number of halogens is 7. The minimum Gasteiger partial charge on any atom is -0.294 e. The molecule has 0 unspecified atom stereocenters. The largest absolute Gasteiger partial charge is 0.419 e. The van der Waals surface area contributed by atoms with Crippen molar-refractivity contribution in [2.24, 2.45) is 11.8 Å². The Morgan fingerprint density at radius 1 is 0.944 bits per heavy atom. The number of alkyl halides is 6. The molecule has 3 nitrogen and oxygen atoms in total. The Morgan fingerprint density at radius 2 is 1.58 bits per heavy atom. The third kappa shape index (κ3) is 5.76. The lowest BCUT2D eigenvalue weighted by molar-refractivity contribution is -0.140. The van der Waals surface area contributed by atoms with E-state index in [1.807, 2.05) is 0 Å². The quantitative estimate of drug-likeness (QED) is 0.258. The first-order valence-corrected chi connectivity index (χ1v) is 12.7. The van der Waals surface area contributed by atoms with Crippen molar-refractivity contribution in [2.75, 3.05) is 0 Å². The van der Waals surface area contributed by atoms with Crippen LogP contribution < -0.4 is 0 Å². The molecule has 1 aliphatic rings. The van der Waals surface area contributed by atoms with E-state index in [9.17, 15) is 43.9 Å². The zero-order chi connectivity index (χ0) is 27.1. The first kappa shape index (κ1) is 28.1. The van der Waals surface area contributed by atoms with Crippen LogP contribution in [0.1, 0.15) is 67.4 Å². The Labute approximate surface area is 204 Å². The molecular formula is C25H25F7O3S. The summed E-state index contributed by atoms with van der Waals surface area (Å²) in [6, 6.07) is 5.77. The van der Waals surface area contributed by atoms with Gasteiger partial charge in [0.05, 0.1) is 20.8 Å². The number of sulfone groups is 1. The van der Waals surface area contributed by atoms with E-state index in [0.717, 1.165) is 24.3 Å². The Bertz CT molecular complexity index is 1220. The molecule has 0 aromatic heterocycles. The second-order valence-electron chi connectivity index (χ2n) is 9.67. The van der Waals surface area contributed by atoms with Crippen LogP contribution in [0.2, 0.25) is 0 Å². The van der Waals surface area contributed by atoms with Gasteiger partial charge in [-0.25, -0.2) is 12.8 Å². The second-order valence-corrected chi connectivity index (χ2v) is 12.2. The molecule has 0 saturated heterocycles. The van der Waals surface area contributed by atoms with Gasteiger partial charge in [0.25, 0.3) is 0 Å². The fourth-order valence-electron chi connectivity index (χ4n) is 4.51. The van der Waals surface area contributed by atoms with E-state index < -0.39 is 54.6 Å². The molecule has 0 N–H and O–H groups in total. The molecule has 1 fully saturated rings. The number of hydrogen-bond donors (Lipinski definition) is 0. The van der Waals surface area contributed by atoms with Gasteiger partial charge < -0.3 is 0 Å². The fourth-order valence-corrected chi connectivity index (χ4v) is 6.29. The topological polar surface area (TPSA) is 51.2 Å². The van der Waals surface area contributed by atoms with Gasteiger partial charge >= 0.3 is 12.4 Å². The highest BCUT2D eigenvalue weighted by Crippen LogP contribution is 2.48. The van der Waals surface area contributed by atoms with Crippen molar-refractivity contribution in [1.82, 2.24) is 0 Å². The number of ketones is 1. The molecule has 0 radical (unpaired) electrons. The first-order valence-electron chi connectivity index (χ1n) is 11.3. The van der Waals surface area contributed by atoms with E-state index in [2.05, 4.69) is 0 Å². The van der Waals surface area contributed by atoms with E-state index >= 15 is 0 Å². The molecule has 36 heavy (non-hydrogen) atoms. The number of benzene rings is 2. The molecule has 198 valence electrons. The van der Waals surface area contributed by atoms with Gasteiger partial charge in [-0.1, -0.05) is 6.07 Å². The van der Waals surface area contributed by atoms with Crippen molar-refractivity contribution in [3.8, 4) is 0 Å². The van der Waals surface area contributed by atoms with Crippen LogP contribution in [-0.4, -0.2) is 18.9 Å². The van der Waals surface area contributed by atoms with Gasteiger partial charge in [-0.3, -0.25) is 4.79 Å². The highest BCUT2D eigenvalue weighted by molar-refractivity contribution is 7.92. The Kier molecular flexibility index (Phi) is 7.66. The van der Waals surface area contributed by atoms with Gasteiger partial charge in [0, 0.05) is 12.0 Å². The molecule has 2 aromatic carbocycles. The molecule has 11 heteroatoms. The predicted molar refractivity (Wildman–Crippen MR) is 119 cm³/mol. The maximum Gasteiger partial charge on any atom is 0.419 e. The molecule has 1 saturated carbocycles. The van der Waals surface area contributed by atoms with Crippen molar-refractivity contribution >= 4 is 15.6 Å². The Morgan fingerprint density at radius 3 is 2.17 bits per heavy atom. The van der Waals surface area contributed by atoms with Gasteiger partial charge in [0.1, 0.15) is 5.82 Å². The second kappa shape index (κ2) is 9.79. The van der Waals surface area contributed by atoms with Gasteiger partial charge in [-0.15, -0.1) is 0 Å². The minimum atomic E-state index is -4.91. The summed E-state index contributed by atoms with van der Waals surface area (Å²) in [5.74, 6) is -2.23. The van der Waals surface area contributed by atoms with Gasteiger partial charge in [-0.2, -0.15) is 26.3 Å². The molecule has 0 aliphatic heterocycles. The van der Waals surface area contributed by atoms with Crippen molar-refractivity contribution in [3.05, 3.63) is 65.0 Å². The van der Waals surface area contributed by atoms with Crippen molar-refractivity contribution in [3.63, 3.8) is 0 Å². The maximum absolute atomic E-state index is 13.4. The van der Waals surface area contributed by atoms with E-state index in [0.29, 0.717) is 43.9 Å². The number of hydrogen-bond acceptors (Lipinski definition) is 3. The van der Waals surface area contributed by atoms with Crippen molar-refractivity contribution in [1.29, 1.82) is 0 Å². The zero-order valence-electron chi connectivity index (χ0n) is 19.5. The van der Waals surface area contributed by atoms with E-state index in [1.54, 1.807) is 0 Å². The van der Waals surface area contributed by atoms with Crippen LogP contribution in [0.3, 0.4) is 0 Å². The predicted octanol–water partition coefficient (Wildman–Crippen LogP) is 7.50. The molecule has 0 atom stereocenters. The highest BCUT2D eigenvalue weighted by atomic mass is 32.2. The molecule has 2 aromatic rings. The van der Waals surface area contributed by atoms with Crippen molar-refractivity contribution < 1.29 is 43.9 Å². The third-order valence-corrected chi connectivity index (χ3v) is 9.59. The third-order valence-electron chi connectivity index (χ3n) is 6.99. The lowest BCUT2D eigenvalue weighted by Crippen LogP contribution is -2.46. The highest BCUT2D eigenvalue weighted by Gasteiger charge is 2.48. The maximum atomic E-state index is 13.4. The standard InChI is InChI=1S/C25H25F7O3S/c1-23(2,36(34,35)19-7-4-6-17(14-19)24(27,28)29)18-11-15(12-18)5-3-8-22(33)16-9-10-21(26)20(13-16)25(30,31)32/h4,6-7,9-10,13-15,18H,3,5,8,11-12H2,1-2H3. The fraction of sp³-hybridized carbons (Fsp3) is 0.480. The number of carbonyl (C=O) groups excluding carboxylic acids is 1. The SMILES string of the molecule is CC(C)(C1CC(CCCC(=O)c2ccc(F)c(C(F)(F)F)c2)C1)S(=O)(=O)c1cccc(C(F)(F)F)c1. The smallest absolute Gasteiger partial charge is 0.294 e. The van der Waals surface area contributed by atoms with Crippen LogP contribution >= 0.6 is 0 Å². The average Bonchev–Trinajstić information content (AvgIpc) is 2.73. The summed E-state index contributed by atoms with van der Waals surface area (Å²) in [6.07, 6.45) is -7.75. The molecular weight excluding hydrogens is 513 g/mol. The van der Waals surface area contributed by atoms with Crippen LogP contribution in [0.4, 0.5) is 30.7 Å². The Balaban J connectivity index is 1.57. The summed E-state index contributed by atoms with van der Waals surface area (Å²) in [5.41, 5.74) is -2.78. The van der Waals surface area contributed by atoms with Crippen LogP contribution in [0.5, 0.6) is 0 Å². The zero-order valence-corrected chi connectivity index (χ0v) is 20.3. The van der Waals surface area contributed by atoms with E-state index in [1.165, 1.54) is 13.8 Å². The Hall–Kier alpha value is -2.43. The van der Waals surface area contributed by atoms with Gasteiger partial charge in [-0.05, 0) is 87.8 Å². The molecule has 0 spiro atoms. The molecule has 0 bridgehead atoms. The lowest BCUT2D eigenvalue weighted by atomic mass is 9.67. The van der Waals surface area contributed by atoms with Gasteiger partial charge in [0.15, 0.2) is 15.6 Å².